The van der Waals surface area contributed by atoms with Crippen LogP contribution in [0, 0.1) is 0 Å². The molecular formula is C17H21NOS. The number of likely N-dealkylation sites (N-methyl/N-ethyl adjacent to an activating group) is 1. The van der Waals surface area contributed by atoms with Gasteiger partial charge in [0.1, 0.15) is 0 Å². The van der Waals surface area contributed by atoms with Crippen molar-refractivity contribution in [3.05, 3.63) is 52.2 Å². The highest BCUT2D eigenvalue weighted by atomic mass is 32.1. The number of hydrogen-bond acceptors (Lipinski definition) is 3. The van der Waals surface area contributed by atoms with Crippen molar-refractivity contribution in [3.63, 3.8) is 0 Å². The van der Waals surface area contributed by atoms with Crippen LogP contribution in [0.2, 0.25) is 0 Å². The van der Waals surface area contributed by atoms with E-state index in [2.05, 4.69) is 36.4 Å². The number of Topliss-reactive ketones (excluding diaryl/α,β-unsaturated/α-hetero) is 1. The Bertz CT molecular complexity index is 562. The molecular weight excluding hydrogens is 266 g/mol. The summed E-state index contributed by atoms with van der Waals surface area (Å²) < 4.78 is 0. The van der Waals surface area contributed by atoms with Crippen LogP contribution in [-0.2, 0) is 6.42 Å². The summed E-state index contributed by atoms with van der Waals surface area (Å²) in [4.78, 5) is 15.6. The third-order valence-electron chi connectivity index (χ3n) is 3.64. The molecule has 0 spiro atoms. The number of nitrogens with zero attached hydrogens (tertiary/aromatic N) is 1. The Kier molecular flexibility index (Phi) is 4.96. The summed E-state index contributed by atoms with van der Waals surface area (Å²) >= 11 is 1.79. The summed E-state index contributed by atoms with van der Waals surface area (Å²) in [6.45, 7) is 4.11. The summed E-state index contributed by atoms with van der Waals surface area (Å²) in [6.07, 6.45) is 1.55. The summed E-state index contributed by atoms with van der Waals surface area (Å²) in [5, 5.41) is 2.11. The van der Waals surface area contributed by atoms with E-state index in [0.29, 0.717) is 12.5 Å². The third kappa shape index (κ3) is 3.28. The zero-order valence-corrected chi connectivity index (χ0v) is 13.1. The van der Waals surface area contributed by atoms with Crippen molar-refractivity contribution < 1.29 is 4.79 Å². The number of anilines is 1. The van der Waals surface area contributed by atoms with Crippen LogP contribution in [0.3, 0.4) is 0 Å². The highest BCUT2D eigenvalue weighted by molar-refractivity contribution is 7.09. The Balaban J connectivity index is 2.20. The van der Waals surface area contributed by atoms with Gasteiger partial charge in [0.25, 0.3) is 0 Å². The van der Waals surface area contributed by atoms with E-state index in [1.807, 2.05) is 31.2 Å². The van der Waals surface area contributed by atoms with Crippen molar-refractivity contribution in [2.45, 2.75) is 32.7 Å². The number of hydrogen-bond donors (Lipinski definition) is 0. The van der Waals surface area contributed by atoms with Crippen LogP contribution in [0.25, 0.3) is 0 Å². The standard InChI is InChI=1S/C17H21NOS/c1-4-17(19)15-9-5-6-10-16(15)18(3)13(2)12-14-8-7-11-20-14/h5-11,13H,4,12H2,1-3H3. The van der Waals surface area contributed by atoms with E-state index < -0.39 is 0 Å². The zero-order chi connectivity index (χ0) is 14.5. The third-order valence-corrected chi connectivity index (χ3v) is 4.54. The van der Waals surface area contributed by atoms with Crippen molar-refractivity contribution in [1.29, 1.82) is 0 Å². The predicted molar refractivity (Wildman–Crippen MR) is 87.0 cm³/mol. The monoisotopic (exact) mass is 287 g/mol. The fourth-order valence-corrected chi connectivity index (χ4v) is 3.13. The molecule has 1 aromatic carbocycles. The van der Waals surface area contributed by atoms with E-state index in [1.165, 1.54) is 4.88 Å². The topological polar surface area (TPSA) is 20.3 Å². The van der Waals surface area contributed by atoms with E-state index in [1.54, 1.807) is 11.3 Å². The Morgan fingerprint density at radius 1 is 1.25 bits per heavy atom. The smallest absolute Gasteiger partial charge is 0.164 e. The maximum Gasteiger partial charge on any atom is 0.164 e. The Morgan fingerprint density at radius 2 is 2.00 bits per heavy atom. The van der Waals surface area contributed by atoms with Crippen LogP contribution >= 0.6 is 11.3 Å². The van der Waals surface area contributed by atoms with Crippen LogP contribution in [0.5, 0.6) is 0 Å². The quantitative estimate of drug-likeness (QED) is 0.734. The van der Waals surface area contributed by atoms with Gasteiger partial charge in [0.2, 0.25) is 0 Å². The summed E-state index contributed by atoms with van der Waals surface area (Å²) in [5.74, 6) is 0.204. The van der Waals surface area contributed by atoms with Crippen LogP contribution < -0.4 is 4.90 Å². The normalized spacial score (nSPS) is 12.2. The molecule has 0 amide bonds. The minimum atomic E-state index is 0.204. The molecule has 3 heteroatoms. The van der Waals surface area contributed by atoms with E-state index in [-0.39, 0.29) is 5.78 Å². The van der Waals surface area contributed by atoms with Crippen molar-refractivity contribution in [1.82, 2.24) is 0 Å². The lowest BCUT2D eigenvalue weighted by atomic mass is 10.0. The molecule has 2 rings (SSSR count). The molecule has 0 saturated heterocycles. The number of benzene rings is 1. The first-order valence-electron chi connectivity index (χ1n) is 7.01. The second kappa shape index (κ2) is 6.71. The lowest BCUT2D eigenvalue weighted by molar-refractivity contribution is 0.0988. The lowest BCUT2D eigenvalue weighted by Crippen LogP contribution is -2.31. The van der Waals surface area contributed by atoms with Crippen molar-refractivity contribution in [2.75, 3.05) is 11.9 Å². The maximum atomic E-state index is 12.1. The molecule has 0 bridgehead atoms. The zero-order valence-electron chi connectivity index (χ0n) is 12.3. The van der Waals surface area contributed by atoms with Gasteiger partial charge in [-0.15, -0.1) is 11.3 Å². The number of rotatable bonds is 6. The fourth-order valence-electron chi connectivity index (χ4n) is 2.30. The van der Waals surface area contributed by atoms with Gasteiger partial charge in [0.15, 0.2) is 5.78 Å². The first kappa shape index (κ1) is 14.8. The number of carbonyl (C=O) groups excluding carboxylic acids is 1. The van der Waals surface area contributed by atoms with Gasteiger partial charge in [-0.2, -0.15) is 0 Å². The van der Waals surface area contributed by atoms with Gasteiger partial charge in [-0.3, -0.25) is 4.79 Å². The molecule has 106 valence electrons. The molecule has 0 aliphatic heterocycles. The highest BCUT2D eigenvalue weighted by Crippen LogP contribution is 2.24. The highest BCUT2D eigenvalue weighted by Gasteiger charge is 2.17. The number of para-hydroxylation sites is 1. The average molecular weight is 287 g/mol. The summed E-state index contributed by atoms with van der Waals surface area (Å²) in [7, 11) is 2.07. The molecule has 0 saturated carbocycles. The van der Waals surface area contributed by atoms with E-state index in [9.17, 15) is 4.79 Å². The predicted octanol–water partition coefficient (Wildman–Crippen LogP) is 4.41. The van der Waals surface area contributed by atoms with Gasteiger partial charge >= 0.3 is 0 Å². The van der Waals surface area contributed by atoms with Crippen molar-refractivity contribution in [2.24, 2.45) is 0 Å². The van der Waals surface area contributed by atoms with Crippen molar-refractivity contribution >= 4 is 22.8 Å². The molecule has 0 radical (unpaired) electrons. The van der Waals surface area contributed by atoms with Gasteiger partial charge in [0, 0.05) is 42.1 Å². The molecule has 0 N–H and O–H groups in total. The first-order chi connectivity index (χ1) is 9.63. The van der Waals surface area contributed by atoms with Gasteiger partial charge < -0.3 is 4.90 Å². The minimum absolute atomic E-state index is 0.204. The summed E-state index contributed by atoms with van der Waals surface area (Å²) in [6, 6.07) is 12.5. The van der Waals surface area contributed by atoms with E-state index in [0.717, 1.165) is 17.7 Å². The molecule has 1 unspecified atom stereocenters. The average Bonchev–Trinajstić information content (AvgIpc) is 2.98. The van der Waals surface area contributed by atoms with E-state index >= 15 is 0 Å². The molecule has 1 atom stereocenters. The number of ketones is 1. The Labute approximate surface area is 125 Å². The molecule has 0 aliphatic rings. The van der Waals surface area contributed by atoms with Crippen LogP contribution in [0.15, 0.2) is 41.8 Å². The molecule has 2 aromatic rings. The van der Waals surface area contributed by atoms with Crippen LogP contribution in [0.1, 0.15) is 35.5 Å². The SMILES string of the molecule is CCC(=O)c1ccccc1N(C)C(C)Cc1cccs1. The second-order valence-corrected chi connectivity index (χ2v) is 6.07. The molecule has 2 nitrogen and oxygen atoms in total. The number of carbonyl (C=O) groups is 1. The Hall–Kier alpha value is -1.61. The van der Waals surface area contributed by atoms with Crippen molar-refractivity contribution in [3.8, 4) is 0 Å². The lowest BCUT2D eigenvalue weighted by Gasteiger charge is -2.28. The molecule has 1 heterocycles. The van der Waals surface area contributed by atoms with Gasteiger partial charge in [-0.25, -0.2) is 0 Å². The van der Waals surface area contributed by atoms with Gasteiger partial charge in [0.05, 0.1) is 0 Å². The van der Waals surface area contributed by atoms with Gasteiger partial charge in [-0.05, 0) is 30.5 Å². The minimum Gasteiger partial charge on any atom is -0.371 e. The van der Waals surface area contributed by atoms with Gasteiger partial charge in [-0.1, -0.05) is 25.1 Å². The van der Waals surface area contributed by atoms with Crippen LogP contribution in [-0.4, -0.2) is 18.9 Å². The number of thiophene rings is 1. The van der Waals surface area contributed by atoms with Crippen LogP contribution in [0.4, 0.5) is 5.69 Å². The first-order valence-corrected chi connectivity index (χ1v) is 7.89. The molecule has 20 heavy (non-hydrogen) atoms. The second-order valence-electron chi connectivity index (χ2n) is 5.04. The van der Waals surface area contributed by atoms with E-state index in [4.69, 9.17) is 0 Å². The molecule has 0 fully saturated rings. The largest absolute Gasteiger partial charge is 0.371 e. The molecule has 0 aliphatic carbocycles. The fraction of sp³-hybridized carbons (Fsp3) is 0.353. The molecule has 1 aromatic heterocycles. The Morgan fingerprint density at radius 3 is 2.65 bits per heavy atom. The summed E-state index contributed by atoms with van der Waals surface area (Å²) in [5.41, 5.74) is 1.86. The maximum absolute atomic E-state index is 12.1.